The van der Waals surface area contributed by atoms with E-state index in [-0.39, 0.29) is 11.2 Å². The quantitative estimate of drug-likeness (QED) is 0.806. The van der Waals surface area contributed by atoms with Gasteiger partial charge in [-0.15, -0.1) is 10.2 Å². The number of nitrogens with zero attached hydrogens (tertiary/aromatic N) is 3. The third-order valence-corrected chi connectivity index (χ3v) is 6.21. The summed E-state index contributed by atoms with van der Waals surface area (Å²) in [5.74, 6) is 0.132. The second-order valence-electron chi connectivity index (χ2n) is 5.94. The summed E-state index contributed by atoms with van der Waals surface area (Å²) in [7, 11) is 0. The topological polar surface area (TPSA) is 67.4 Å². The summed E-state index contributed by atoms with van der Waals surface area (Å²) in [5, 5.41) is 12.3. The fourth-order valence-electron chi connectivity index (χ4n) is 2.55. The van der Waals surface area contributed by atoms with Gasteiger partial charge in [0.05, 0.1) is 18.5 Å². The third-order valence-electron chi connectivity index (χ3n) is 4.20. The van der Waals surface area contributed by atoms with Gasteiger partial charge in [-0.1, -0.05) is 35.2 Å². The zero-order valence-corrected chi connectivity index (χ0v) is 16.2. The Morgan fingerprint density at radius 1 is 1.32 bits per heavy atom. The van der Waals surface area contributed by atoms with Crippen LogP contribution >= 0.6 is 23.1 Å². The molecule has 6 nitrogen and oxygen atoms in total. The van der Waals surface area contributed by atoms with E-state index in [0.29, 0.717) is 26.3 Å². The monoisotopic (exact) mass is 378 g/mol. The molecule has 1 atom stereocenters. The number of carbonyl (C=O) groups is 1. The van der Waals surface area contributed by atoms with Crippen LogP contribution in [0.5, 0.6) is 0 Å². The number of thioether (sulfide) groups is 1. The summed E-state index contributed by atoms with van der Waals surface area (Å²) in [6.07, 6.45) is 0. The zero-order chi connectivity index (χ0) is 17.8. The molecule has 1 fully saturated rings. The van der Waals surface area contributed by atoms with Crippen molar-refractivity contribution in [1.29, 1.82) is 0 Å². The van der Waals surface area contributed by atoms with Crippen molar-refractivity contribution in [2.45, 2.75) is 30.4 Å². The zero-order valence-electron chi connectivity index (χ0n) is 14.6. The molecule has 1 saturated heterocycles. The highest BCUT2D eigenvalue weighted by Crippen LogP contribution is 2.32. The average molecular weight is 379 g/mol. The van der Waals surface area contributed by atoms with E-state index >= 15 is 0 Å². The van der Waals surface area contributed by atoms with E-state index in [9.17, 15) is 4.79 Å². The minimum atomic E-state index is -0.181. The highest BCUT2D eigenvalue weighted by molar-refractivity contribution is 8.02. The SMILES string of the molecule is Cc1cccc(Nc2nnc(SC(C)C(=O)N3CCOCC3)s2)c1C. The van der Waals surface area contributed by atoms with E-state index in [1.165, 1.54) is 34.2 Å². The van der Waals surface area contributed by atoms with E-state index in [2.05, 4.69) is 35.4 Å². The minimum absolute atomic E-state index is 0.132. The van der Waals surface area contributed by atoms with Crippen molar-refractivity contribution in [3.05, 3.63) is 29.3 Å². The Hall–Kier alpha value is -1.64. The molecule has 2 aromatic rings. The standard InChI is InChI=1S/C17H22N4O2S2/c1-11-5-4-6-14(12(11)2)18-16-19-20-17(25-16)24-13(3)15(22)21-7-9-23-10-8-21/h4-6,13H,7-10H2,1-3H3,(H,18,19). The maximum absolute atomic E-state index is 12.5. The number of hydrogen-bond acceptors (Lipinski definition) is 7. The van der Waals surface area contributed by atoms with Gasteiger partial charge < -0.3 is 15.0 Å². The van der Waals surface area contributed by atoms with Crippen LogP contribution in [0.15, 0.2) is 22.5 Å². The van der Waals surface area contributed by atoms with Crippen LogP contribution in [0.4, 0.5) is 10.8 Å². The Kier molecular flexibility index (Phi) is 5.93. The van der Waals surface area contributed by atoms with Crippen molar-refractivity contribution in [3.63, 3.8) is 0 Å². The Balaban J connectivity index is 1.61. The molecule has 8 heteroatoms. The summed E-state index contributed by atoms with van der Waals surface area (Å²) in [5.41, 5.74) is 3.46. The molecule has 1 unspecified atom stereocenters. The summed E-state index contributed by atoms with van der Waals surface area (Å²) in [6.45, 7) is 8.65. The van der Waals surface area contributed by atoms with Gasteiger partial charge in [-0.3, -0.25) is 4.79 Å². The number of morpholine rings is 1. The highest BCUT2D eigenvalue weighted by Gasteiger charge is 2.24. The Morgan fingerprint density at radius 2 is 2.08 bits per heavy atom. The number of aromatic nitrogens is 2. The molecule has 0 spiro atoms. The second kappa shape index (κ2) is 8.16. The summed E-state index contributed by atoms with van der Waals surface area (Å²) >= 11 is 2.93. The molecule has 0 aliphatic carbocycles. The van der Waals surface area contributed by atoms with E-state index < -0.39 is 0 Å². The number of rotatable bonds is 5. The van der Waals surface area contributed by atoms with Crippen molar-refractivity contribution in [3.8, 4) is 0 Å². The van der Waals surface area contributed by atoms with Gasteiger partial charge in [-0.25, -0.2) is 0 Å². The number of hydrogen-bond donors (Lipinski definition) is 1. The predicted octanol–water partition coefficient (Wildman–Crippen LogP) is 3.24. The molecule has 1 amide bonds. The number of ether oxygens (including phenoxy) is 1. The molecule has 1 aromatic heterocycles. The molecular weight excluding hydrogens is 356 g/mol. The first kappa shape index (κ1) is 18.2. The molecule has 0 bridgehead atoms. The van der Waals surface area contributed by atoms with Crippen LogP contribution < -0.4 is 5.32 Å². The summed E-state index contributed by atoms with van der Waals surface area (Å²) in [6, 6.07) is 6.13. The lowest BCUT2D eigenvalue weighted by atomic mass is 10.1. The lowest BCUT2D eigenvalue weighted by molar-refractivity contribution is -0.134. The van der Waals surface area contributed by atoms with Crippen molar-refractivity contribution in [2.75, 3.05) is 31.6 Å². The van der Waals surface area contributed by atoms with Gasteiger partial charge in [0.15, 0.2) is 4.34 Å². The Morgan fingerprint density at radius 3 is 2.84 bits per heavy atom. The predicted molar refractivity (Wildman–Crippen MR) is 102 cm³/mol. The third kappa shape index (κ3) is 4.50. The summed E-state index contributed by atoms with van der Waals surface area (Å²) in [4.78, 5) is 14.3. The van der Waals surface area contributed by atoms with Crippen LogP contribution in [0.3, 0.4) is 0 Å². The van der Waals surface area contributed by atoms with E-state index in [0.717, 1.165) is 15.2 Å². The molecule has 0 saturated carbocycles. The fraction of sp³-hybridized carbons (Fsp3) is 0.471. The van der Waals surface area contributed by atoms with Gasteiger partial charge in [-0.05, 0) is 38.0 Å². The number of benzene rings is 1. The van der Waals surface area contributed by atoms with Crippen molar-refractivity contribution in [2.24, 2.45) is 0 Å². The molecule has 1 aromatic carbocycles. The highest BCUT2D eigenvalue weighted by atomic mass is 32.2. The molecule has 0 radical (unpaired) electrons. The molecule has 1 N–H and O–H groups in total. The number of amides is 1. The minimum Gasteiger partial charge on any atom is -0.378 e. The molecule has 134 valence electrons. The molecule has 1 aliphatic rings. The maximum Gasteiger partial charge on any atom is 0.236 e. The Bertz CT molecular complexity index is 744. The van der Waals surface area contributed by atoms with Crippen LogP contribution in [0.1, 0.15) is 18.1 Å². The Labute approximate surface area is 156 Å². The first-order valence-corrected chi connectivity index (χ1v) is 9.94. The van der Waals surface area contributed by atoms with Gasteiger partial charge in [0, 0.05) is 18.8 Å². The van der Waals surface area contributed by atoms with Crippen LogP contribution in [-0.2, 0) is 9.53 Å². The van der Waals surface area contributed by atoms with Crippen molar-refractivity contribution in [1.82, 2.24) is 15.1 Å². The number of anilines is 2. The number of nitrogens with one attached hydrogen (secondary N) is 1. The van der Waals surface area contributed by atoms with Gasteiger partial charge in [0.1, 0.15) is 0 Å². The molecule has 1 aliphatic heterocycles. The molecule has 2 heterocycles. The van der Waals surface area contributed by atoms with Gasteiger partial charge in [-0.2, -0.15) is 0 Å². The van der Waals surface area contributed by atoms with Crippen molar-refractivity contribution >= 4 is 39.8 Å². The first-order valence-electron chi connectivity index (χ1n) is 8.24. The van der Waals surface area contributed by atoms with Crippen LogP contribution in [-0.4, -0.2) is 52.6 Å². The number of carbonyl (C=O) groups excluding carboxylic acids is 1. The van der Waals surface area contributed by atoms with E-state index in [1.807, 2.05) is 24.0 Å². The van der Waals surface area contributed by atoms with E-state index in [1.54, 1.807) is 0 Å². The van der Waals surface area contributed by atoms with Gasteiger partial charge in [0.2, 0.25) is 11.0 Å². The second-order valence-corrected chi connectivity index (χ2v) is 8.51. The first-order chi connectivity index (χ1) is 12.0. The lowest BCUT2D eigenvalue weighted by Gasteiger charge is -2.28. The lowest BCUT2D eigenvalue weighted by Crippen LogP contribution is -2.44. The fourth-order valence-corrected chi connectivity index (χ4v) is 4.54. The smallest absolute Gasteiger partial charge is 0.236 e. The molecule has 25 heavy (non-hydrogen) atoms. The summed E-state index contributed by atoms with van der Waals surface area (Å²) < 4.78 is 6.09. The normalized spacial score (nSPS) is 15.9. The van der Waals surface area contributed by atoms with Gasteiger partial charge >= 0.3 is 0 Å². The largest absolute Gasteiger partial charge is 0.378 e. The van der Waals surface area contributed by atoms with Crippen LogP contribution in [0, 0.1) is 13.8 Å². The maximum atomic E-state index is 12.5. The van der Waals surface area contributed by atoms with Crippen molar-refractivity contribution < 1.29 is 9.53 Å². The van der Waals surface area contributed by atoms with Crippen LogP contribution in [0.2, 0.25) is 0 Å². The average Bonchev–Trinajstić information content (AvgIpc) is 3.06. The molecule has 3 rings (SSSR count). The van der Waals surface area contributed by atoms with Gasteiger partial charge in [0.25, 0.3) is 0 Å². The molecular formula is C17H22N4O2S2. The number of aryl methyl sites for hydroxylation is 1. The van der Waals surface area contributed by atoms with Crippen LogP contribution in [0.25, 0.3) is 0 Å². The van der Waals surface area contributed by atoms with E-state index in [4.69, 9.17) is 4.74 Å².